The Morgan fingerprint density at radius 1 is 1.29 bits per heavy atom. The summed E-state index contributed by atoms with van der Waals surface area (Å²) >= 11 is 0. The fraction of sp³-hybridized carbons (Fsp3) is 0.500. The molecule has 0 spiro atoms. The van der Waals surface area contributed by atoms with Gasteiger partial charge in [0, 0.05) is 17.8 Å². The van der Waals surface area contributed by atoms with Crippen molar-refractivity contribution in [2.45, 2.75) is 26.3 Å². The molecule has 0 saturated carbocycles. The molecule has 0 fully saturated rings. The molecule has 2 rings (SSSR count). The van der Waals surface area contributed by atoms with Crippen LogP contribution in [0.1, 0.15) is 26.3 Å². The number of para-hydroxylation sites is 1. The van der Waals surface area contributed by atoms with E-state index in [1.165, 1.54) is 0 Å². The molecule has 1 aromatic carbocycles. The minimum Gasteiger partial charge on any atom is -0.310 e. The minimum absolute atomic E-state index is 0.186. The number of rotatable bonds is 3. The van der Waals surface area contributed by atoms with Crippen LogP contribution in [0.5, 0.6) is 0 Å². The first-order valence-corrected chi connectivity index (χ1v) is 6.20. The molecule has 0 N–H and O–H groups in total. The van der Waals surface area contributed by atoms with Crippen molar-refractivity contribution in [2.24, 2.45) is 0 Å². The average molecular weight is 232 g/mol. The first kappa shape index (κ1) is 12.1. The van der Waals surface area contributed by atoms with E-state index in [0.29, 0.717) is 0 Å². The molecule has 0 radical (unpaired) electrons. The average Bonchev–Trinajstić information content (AvgIpc) is 2.59. The third kappa shape index (κ3) is 1.49. The van der Waals surface area contributed by atoms with Gasteiger partial charge in [-0.1, -0.05) is 25.1 Å². The predicted molar refractivity (Wildman–Crippen MR) is 70.1 cm³/mol. The molecule has 1 atom stereocenters. The Bertz CT molecular complexity index is 444. The van der Waals surface area contributed by atoms with Crippen LogP contribution in [0.2, 0.25) is 0 Å². The van der Waals surface area contributed by atoms with E-state index in [1.807, 2.05) is 44.0 Å². The van der Waals surface area contributed by atoms with Crippen LogP contribution < -0.4 is 4.90 Å². The SMILES string of the molecule is CCN1C(=O)C(C)(N(C)CC)c2ccccc21. The second kappa shape index (κ2) is 4.15. The second-order valence-electron chi connectivity index (χ2n) is 4.65. The summed E-state index contributed by atoms with van der Waals surface area (Å²) in [6.07, 6.45) is 0. The van der Waals surface area contributed by atoms with Gasteiger partial charge in [0.1, 0.15) is 5.54 Å². The van der Waals surface area contributed by atoms with Gasteiger partial charge in [-0.2, -0.15) is 0 Å². The molecule has 1 amide bonds. The molecule has 1 unspecified atom stereocenters. The molecule has 1 heterocycles. The number of likely N-dealkylation sites (N-methyl/N-ethyl adjacent to an activating group) is 2. The molecular weight excluding hydrogens is 212 g/mol. The van der Waals surface area contributed by atoms with Gasteiger partial charge in [-0.05, 0) is 33.5 Å². The van der Waals surface area contributed by atoms with Crippen LogP contribution in [-0.4, -0.2) is 30.9 Å². The predicted octanol–water partition coefficient (Wildman–Crippen LogP) is 2.22. The highest BCUT2D eigenvalue weighted by atomic mass is 16.2. The number of hydrogen-bond acceptors (Lipinski definition) is 2. The van der Waals surface area contributed by atoms with Gasteiger partial charge in [0.15, 0.2) is 0 Å². The normalized spacial score (nSPS) is 23.4. The Kier molecular flexibility index (Phi) is 2.96. The third-order valence-electron chi connectivity index (χ3n) is 3.93. The zero-order chi connectivity index (χ0) is 12.6. The van der Waals surface area contributed by atoms with Gasteiger partial charge in [0.2, 0.25) is 0 Å². The first-order valence-electron chi connectivity index (χ1n) is 6.20. The lowest BCUT2D eigenvalue weighted by Gasteiger charge is -2.33. The van der Waals surface area contributed by atoms with Crippen LogP contribution in [0, 0.1) is 0 Å². The first-order chi connectivity index (χ1) is 8.07. The van der Waals surface area contributed by atoms with Crippen LogP contribution in [0.3, 0.4) is 0 Å². The van der Waals surface area contributed by atoms with Crippen molar-refractivity contribution in [3.05, 3.63) is 29.8 Å². The molecule has 0 saturated heterocycles. The number of carbonyl (C=O) groups excluding carboxylic acids is 1. The topological polar surface area (TPSA) is 23.6 Å². The van der Waals surface area contributed by atoms with E-state index in [9.17, 15) is 4.79 Å². The smallest absolute Gasteiger partial charge is 0.251 e. The van der Waals surface area contributed by atoms with E-state index >= 15 is 0 Å². The van der Waals surface area contributed by atoms with E-state index in [0.717, 1.165) is 24.3 Å². The van der Waals surface area contributed by atoms with Gasteiger partial charge < -0.3 is 4.90 Å². The second-order valence-corrected chi connectivity index (χ2v) is 4.65. The number of nitrogens with zero attached hydrogens (tertiary/aromatic N) is 2. The number of carbonyl (C=O) groups is 1. The highest BCUT2D eigenvalue weighted by Gasteiger charge is 2.48. The molecule has 3 heteroatoms. The van der Waals surface area contributed by atoms with Crippen molar-refractivity contribution in [3.8, 4) is 0 Å². The van der Waals surface area contributed by atoms with Crippen molar-refractivity contribution >= 4 is 11.6 Å². The largest absolute Gasteiger partial charge is 0.310 e. The van der Waals surface area contributed by atoms with Crippen LogP contribution >= 0.6 is 0 Å². The fourth-order valence-corrected chi connectivity index (χ4v) is 2.61. The highest BCUT2D eigenvalue weighted by Crippen LogP contribution is 2.42. The molecule has 3 nitrogen and oxygen atoms in total. The standard InChI is InChI=1S/C14H20N2O/c1-5-15(4)14(3)11-9-7-8-10-12(11)16(6-2)13(14)17/h7-10H,5-6H2,1-4H3. The maximum Gasteiger partial charge on any atom is 0.251 e. The Balaban J connectivity index is 2.60. The summed E-state index contributed by atoms with van der Waals surface area (Å²) in [5.74, 6) is 0.186. The van der Waals surface area contributed by atoms with Crippen LogP contribution in [0.25, 0.3) is 0 Å². The van der Waals surface area contributed by atoms with Gasteiger partial charge >= 0.3 is 0 Å². The zero-order valence-corrected chi connectivity index (χ0v) is 11.0. The molecule has 92 valence electrons. The lowest BCUT2D eigenvalue weighted by atomic mass is 9.92. The molecule has 1 aromatic rings. The Morgan fingerprint density at radius 3 is 2.53 bits per heavy atom. The summed E-state index contributed by atoms with van der Waals surface area (Å²) in [4.78, 5) is 16.6. The lowest BCUT2D eigenvalue weighted by Crippen LogP contribution is -2.49. The van der Waals surface area contributed by atoms with Crippen molar-refractivity contribution in [1.29, 1.82) is 0 Å². The monoisotopic (exact) mass is 232 g/mol. The molecular formula is C14H20N2O. The van der Waals surface area contributed by atoms with E-state index in [1.54, 1.807) is 0 Å². The lowest BCUT2D eigenvalue weighted by molar-refractivity contribution is -0.128. The van der Waals surface area contributed by atoms with E-state index in [2.05, 4.69) is 17.9 Å². The zero-order valence-electron chi connectivity index (χ0n) is 11.0. The van der Waals surface area contributed by atoms with Crippen molar-refractivity contribution in [2.75, 3.05) is 25.0 Å². The quantitative estimate of drug-likeness (QED) is 0.798. The molecule has 0 aromatic heterocycles. The minimum atomic E-state index is -0.513. The van der Waals surface area contributed by atoms with Gasteiger partial charge in [0.25, 0.3) is 5.91 Å². The maximum absolute atomic E-state index is 12.6. The van der Waals surface area contributed by atoms with Gasteiger partial charge in [-0.3, -0.25) is 9.69 Å². The molecule has 1 aliphatic heterocycles. The Morgan fingerprint density at radius 2 is 1.94 bits per heavy atom. The summed E-state index contributed by atoms with van der Waals surface area (Å²) in [5.41, 5.74) is 1.67. The molecule has 1 aliphatic rings. The van der Waals surface area contributed by atoms with E-state index < -0.39 is 5.54 Å². The van der Waals surface area contributed by atoms with E-state index in [4.69, 9.17) is 0 Å². The van der Waals surface area contributed by atoms with Gasteiger partial charge in [-0.15, -0.1) is 0 Å². The van der Waals surface area contributed by atoms with Crippen LogP contribution in [-0.2, 0) is 10.3 Å². The number of amides is 1. The van der Waals surface area contributed by atoms with Gasteiger partial charge in [-0.25, -0.2) is 0 Å². The summed E-state index contributed by atoms with van der Waals surface area (Å²) in [6, 6.07) is 8.10. The number of fused-ring (bicyclic) bond motifs is 1. The van der Waals surface area contributed by atoms with E-state index in [-0.39, 0.29) is 5.91 Å². The summed E-state index contributed by atoms with van der Waals surface area (Å²) < 4.78 is 0. The molecule has 0 bridgehead atoms. The number of anilines is 1. The third-order valence-corrected chi connectivity index (χ3v) is 3.93. The number of benzene rings is 1. The molecule has 0 aliphatic carbocycles. The van der Waals surface area contributed by atoms with Crippen LogP contribution in [0.15, 0.2) is 24.3 Å². The Hall–Kier alpha value is -1.35. The van der Waals surface area contributed by atoms with Crippen molar-refractivity contribution in [3.63, 3.8) is 0 Å². The summed E-state index contributed by atoms with van der Waals surface area (Å²) in [6.45, 7) is 7.70. The summed E-state index contributed by atoms with van der Waals surface area (Å²) in [7, 11) is 2.01. The number of hydrogen-bond donors (Lipinski definition) is 0. The van der Waals surface area contributed by atoms with Crippen molar-refractivity contribution in [1.82, 2.24) is 4.90 Å². The maximum atomic E-state index is 12.6. The Labute approximate surface area is 103 Å². The highest BCUT2D eigenvalue weighted by molar-refractivity contribution is 6.07. The fourth-order valence-electron chi connectivity index (χ4n) is 2.61. The van der Waals surface area contributed by atoms with Crippen LogP contribution in [0.4, 0.5) is 5.69 Å². The molecule has 17 heavy (non-hydrogen) atoms. The van der Waals surface area contributed by atoms with Crippen molar-refractivity contribution < 1.29 is 4.79 Å². The van der Waals surface area contributed by atoms with Gasteiger partial charge in [0.05, 0.1) is 0 Å². The summed E-state index contributed by atoms with van der Waals surface area (Å²) in [5, 5.41) is 0.